The van der Waals surface area contributed by atoms with Crippen molar-refractivity contribution < 1.29 is 19.8 Å². The molecule has 0 aliphatic carbocycles. The highest BCUT2D eigenvalue weighted by Gasteiger charge is 2.36. The van der Waals surface area contributed by atoms with Crippen LogP contribution in [-0.4, -0.2) is 44.6 Å². The van der Waals surface area contributed by atoms with Crippen molar-refractivity contribution >= 4 is 34.3 Å². The lowest BCUT2D eigenvalue weighted by Crippen LogP contribution is -2.57. The Morgan fingerprint density at radius 3 is 1.12 bits per heavy atom. The van der Waals surface area contributed by atoms with Gasteiger partial charge < -0.3 is 20.8 Å². The van der Waals surface area contributed by atoms with E-state index < -0.39 is 12.2 Å². The molecule has 8 heteroatoms. The Balaban J connectivity index is 0.000000222. The highest BCUT2D eigenvalue weighted by atomic mass is 16.4. The van der Waals surface area contributed by atoms with Crippen LogP contribution < -0.4 is 21.3 Å². The van der Waals surface area contributed by atoms with Crippen molar-refractivity contribution in [2.45, 2.75) is 117 Å². The molecule has 6 N–H and O–H groups in total. The van der Waals surface area contributed by atoms with Crippen molar-refractivity contribution in [1.82, 2.24) is 10.6 Å². The highest BCUT2D eigenvalue weighted by Crippen LogP contribution is 2.33. The van der Waals surface area contributed by atoms with E-state index in [4.69, 9.17) is 10.2 Å². The molecule has 40 heavy (non-hydrogen) atoms. The predicted molar refractivity (Wildman–Crippen MR) is 167 cm³/mol. The van der Waals surface area contributed by atoms with Crippen LogP contribution in [0.5, 0.6) is 0 Å². The maximum Gasteiger partial charge on any atom is 0.409 e. The maximum absolute atomic E-state index is 10.7. The average Bonchev–Trinajstić information content (AvgIpc) is 2.69. The van der Waals surface area contributed by atoms with E-state index in [1.165, 1.54) is 25.7 Å². The number of amides is 2. The van der Waals surface area contributed by atoms with Crippen LogP contribution in [0.2, 0.25) is 0 Å². The molecule has 2 aliphatic heterocycles. The van der Waals surface area contributed by atoms with Gasteiger partial charge in [0.25, 0.3) is 0 Å². The zero-order chi connectivity index (χ0) is 30.5. The smallest absolute Gasteiger partial charge is 0.409 e. The van der Waals surface area contributed by atoms with Crippen molar-refractivity contribution in [1.29, 1.82) is 0 Å². The molecule has 224 valence electrons. The van der Waals surface area contributed by atoms with Crippen molar-refractivity contribution in [3.8, 4) is 0 Å². The van der Waals surface area contributed by atoms with Crippen LogP contribution in [0.25, 0.3) is 10.8 Å². The van der Waals surface area contributed by atoms with Crippen LogP contribution in [0.1, 0.15) is 94.9 Å². The van der Waals surface area contributed by atoms with E-state index in [1.54, 1.807) is 36.4 Å². The largest absolute Gasteiger partial charge is 0.465 e. The minimum atomic E-state index is -1.17. The average molecular weight is 557 g/mol. The predicted octanol–water partition coefficient (Wildman–Crippen LogP) is 8.15. The molecular formula is C32H52N4O4. The van der Waals surface area contributed by atoms with Crippen LogP contribution in [0, 0.1) is 11.8 Å². The Bertz CT molecular complexity index is 1050. The first-order valence-electron chi connectivity index (χ1n) is 14.3. The van der Waals surface area contributed by atoms with E-state index in [-0.39, 0.29) is 0 Å². The molecule has 2 heterocycles. The molecule has 2 amide bonds. The molecule has 0 saturated carbocycles. The number of piperidine rings is 2. The Labute approximate surface area is 240 Å². The third-order valence-electron chi connectivity index (χ3n) is 7.19. The summed E-state index contributed by atoms with van der Waals surface area (Å²) in [6.07, 6.45) is 2.87. The van der Waals surface area contributed by atoms with Gasteiger partial charge in [-0.2, -0.15) is 0 Å². The van der Waals surface area contributed by atoms with Gasteiger partial charge in [-0.25, -0.2) is 9.59 Å². The molecule has 2 aromatic rings. The maximum atomic E-state index is 10.7. The summed E-state index contributed by atoms with van der Waals surface area (Å²) in [7, 11) is 0. The summed E-state index contributed by atoms with van der Waals surface area (Å²) < 4.78 is 0. The number of carboxylic acid groups (broad SMARTS) is 2. The molecule has 0 spiro atoms. The number of fused-ring (bicyclic) bond motifs is 1. The van der Waals surface area contributed by atoms with Crippen molar-refractivity contribution in [3.63, 3.8) is 0 Å². The van der Waals surface area contributed by atoms with E-state index >= 15 is 0 Å². The first kappa shape index (κ1) is 33.4. The molecule has 2 aliphatic rings. The number of anilines is 2. The number of nitrogens with one attached hydrogen (secondary N) is 4. The minimum Gasteiger partial charge on any atom is -0.465 e. The lowest BCUT2D eigenvalue weighted by atomic mass is 9.77. The standard InChI is InChI=1S/C12H10N2O4.2C10H21N/c15-11(16)13-9-5-1-3-7-8(9)4-2-6-10(7)14-12(17)18;2*1-8-6-9(2,3)11-10(4,5)7-8/h1-6,13-14H,(H,15,16)(H,17,18);2*8,11H,6-7H2,1-5H3. The summed E-state index contributed by atoms with van der Waals surface area (Å²) in [5.74, 6) is 1.72. The molecule has 8 nitrogen and oxygen atoms in total. The van der Waals surface area contributed by atoms with Gasteiger partial charge in [0, 0.05) is 32.9 Å². The third-order valence-corrected chi connectivity index (χ3v) is 7.19. The number of rotatable bonds is 2. The molecule has 0 bridgehead atoms. The van der Waals surface area contributed by atoms with E-state index in [9.17, 15) is 9.59 Å². The molecule has 0 unspecified atom stereocenters. The molecule has 4 rings (SSSR count). The highest BCUT2D eigenvalue weighted by molar-refractivity contribution is 6.07. The van der Waals surface area contributed by atoms with E-state index in [1.807, 2.05) is 0 Å². The summed E-state index contributed by atoms with van der Waals surface area (Å²) in [4.78, 5) is 21.3. The van der Waals surface area contributed by atoms with Gasteiger partial charge in [0.2, 0.25) is 0 Å². The van der Waals surface area contributed by atoms with E-state index in [0.717, 1.165) is 11.8 Å². The lowest BCUT2D eigenvalue weighted by molar-refractivity contribution is 0.137. The molecule has 0 aromatic heterocycles. The Hall–Kier alpha value is -2.84. The van der Waals surface area contributed by atoms with E-state index in [0.29, 0.717) is 44.3 Å². The van der Waals surface area contributed by atoms with Gasteiger partial charge in [-0.1, -0.05) is 38.1 Å². The van der Waals surface area contributed by atoms with Gasteiger partial charge in [0.05, 0.1) is 11.4 Å². The van der Waals surface area contributed by atoms with Crippen molar-refractivity contribution in [3.05, 3.63) is 36.4 Å². The second-order valence-electron chi connectivity index (χ2n) is 14.4. The number of carbonyl (C=O) groups is 2. The van der Waals surface area contributed by atoms with E-state index in [2.05, 4.69) is 90.5 Å². The van der Waals surface area contributed by atoms with Crippen LogP contribution in [0.15, 0.2) is 36.4 Å². The Morgan fingerprint density at radius 1 is 0.625 bits per heavy atom. The normalized spacial score (nSPS) is 21.1. The van der Waals surface area contributed by atoms with Gasteiger partial charge in [-0.05, 0) is 105 Å². The molecular weight excluding hydrogens is 504 g/mol. The molecule has 2 aromatic carbocycles. The zero-order valence-electron chi connectivity index (χ0n) is 26.2. The zero-order valence-corrected chi connectivity index (χ0v) is 26.2. The quantitative estimate of drug-likeness (QED) is 0.222. The molecule has 2 fully saturated rings. The number of hydrogen-bond acceptors (Lipinski definition) is 4. The molecule has 2 saturated heterocycles. The fourth-order valence-corrected chi connectivity index (χ4v) is 7.42. The van der Waals surface area contributed by atoms with Crippen LogP contribution in [-0.2, 0) is 0 Å². The second kappa shape index (κ2) is 12.8. The summed E-state index contributed by atoms with van der Waals surface area (Å²) in [5, 5.41) is 30.6. The first-order valence-corrected chi connectivity index (χ1v) is 14.3. The van der Waals surface area contributed by atoms with Gasteiger partial charge >= 0.3 is 12.2 Å². The van der Waals surface area contributed by atoms with Gasteiger partial charge in [-0.15, -0.1) is 0 Å². The number of benzene rings is 2. The van der Waals surface area contributed by atoms with Crippen LogP contribution in [0.4, 0.5) is 21.0 Å². The van der Waals surface area contributed by atoms with Gasteiger partial charge in [-0.3, -0.25) is 10.6 Å². The molecule has 0 atom stereocenters. The SMILES string of the molecule is CC1CC(C)(C)NC(C)(C)C1.CC1CC(C)(C)NC(C)(C)C1.O=C(O)Nc1cccc2c(NC(=O)O)cccc12. The van der Waals surface area contributed by atoms with Crippen LogP contribution >= 0.6 is 0 Å². The lowest BCUT2D eigenvalue weighted by Gasteiger charge is -2.45. The van der Waals surface area contributed by atoms with Crippen molar-refractivity contribution in [2.24, 2.45) is 11.8 Å². The summed E-state index contributed by atoms with van der Waals surface area (Å²) >= 11 is 0. The Morgan fingerprint density at radius 2 is 0.900 bits per heavy atom. The fourth-order valence-electron chi connectivity index (χ4n) is 7.42. The minimum absolute atomic E-state index is 0.334. The second-order valence-corrected chi connectivity index (χ2v) is 14.4. The first-order chi connectivity index (χ1) is 18.2. The third kappa shape index (κ3) is 11.0. The summed E-state index contributed by atoms with van der Waals surface area (Å²) in [6.45, 7) is 23.1. The topological polar surface area (TPSA) is 123 Å². The Kier molecular flexibility index (Phi) is 10.7. The monoisotopic (exact) mass is 556 g/mol. The fraction of sp³-hybridized carbons (Fsp3) is 0.625. The summed E-state index contributed by atoms with van der Waals surface area (Å²) in [6, 6.07) is 9.96. The molecule has 0 radical (unpaired) electrons. The van der Waals surface area contributed by atoms with Crippen LogP contribution in [0.3, 0.4) is 0 Å². The van der Waals surface area contributed by atoms with Crippen molar-refractivity contribution in [2.75, 3.05) is 10.6 Å². The number of hydrogen-bond donors (Lipinski definition) is 6. The summed E-state index contributed by atoms with van der Waals surface area (Å²) in [5.41, 5.74) is 2.16. The van der Waals surface area contributed by atoms with Gasteiger partial charge in [0.1, 0.15) is 0 Å². The van der Waals surface area contributed by atoms with Gasteiger partial charge in [0.15, 0.2) is 0 Å².